The number of nitrogens with zero attached hydrogens (tertiary/aromatic N) is 4. The average Bonchev–Trinajstić information content (AvgIpc) is 1.70. The first-order valence-corrected chi connectivity index (χ1v) is 37.8. The van der Waals surface area contributed by atoms with Crippen molar-refractivity contribution in [3.8, 4) is 33.4 Å². The molecule has 20 rings (SSSR count). The monoisotopic (exact) mass is 1400 g/mol. The maximum atomic E-state index is 6.51. The number of fused-ring (bicyclic) bond motifs is 10. The number of para-hydroxylation sites is 8. The van der Waals surface area contributed by atoms with Gasteiger partial charge in [-0.2, -0.15) is 0 Å². The van der Waals surface area contributed by atoms with E-state index in [-0.39, 0.29) is 0 Å². The van der Waals surface area contributed by atoms with Gasteiger partial charge in [0.1, 0.15) is 5.58 Å². The molecule has 5 nitrogen and oxygen atoms in total. The van der Waals surface area contributed by atoms with Crippen LogP contribution < -0.4 is 19.6 Å². The van der Waals surface area contributed by atoms with E-state index in [1.807, 2.05) is 34.8 Å². The van der Waals surface area contributed by atoms with Crippen LogP contribution in [0.25, 0.3) is 106 Å². The van der Waals surface area contributed by atoms with Gasteiger partial charge in [0, 0.05) is 113 Å². The number of hydrogen-bond donors (Lipinski definition) is 0. The van der Waals surface area contributed by atoms with Crippen LogP contribution in [0.3, 0.4) is 0 Å². The van der Waals surface area contributed by atoms with Crippen molar-refractivity contribution in [3.05, 3.63) is 413 Å². The molecule has 0 aliphatic carbocycles. The Morgan fingerprint density at radius 1 is 0.196 bits per heavy atom. The average molecular weight is 1410 g/mol. The highest BCUT2D eigenvalue weighted by Gasteiger charge is 2.23. The van der Waals surface area contributed by atoms with Gasteiger partial charge < -0.3 is 24.0 Å². The lowest BCUT2D eigenvalue weighted by atomic mass is 9.97. The van der Waals surface area contributed by atoms with Gasteiger partial charge in [0.25, 0.3) is 0 Å². The minimum atomic E-state index is 0.878. The van der Waals surface area contributed by atoms with Crippen molar-refractivity contribution < 1.29 is 4.42 Å². The quantitative estimate of drug-likeness (QED) is 0.102. The molecule has 0 fully saturated rings. The maximum absolute atomic E-state index is 6.51. The molecule has 0 unspecified atom stereocenters. The van der Waals surface area contributed by atoms with Gasteiger partial charge >= 0.3 is 0 Å². The summed E-state index contributed by atoms with van der Waals surface area (Å²) in [5.74, 6) is 0. The lowest BCUT2D eigenvalue weighted by molar-refractivity contribution is 0.669. The first-order chi connectivity index (χ1) is 53.1. The third kappa shape index (κ3) is 12.3. The summed E-state index contributed by atoms with van der Waals surface area (Å²) in [6.07, 6.45) is 0. The van der Waals surface area contributed by atoms with Crippen LogP contribution in [0.4, 0.5) is 68.2 Å². The first kappa shape index (κ1) is 64.3. The fourth-order valence-electron chi connectivity index (χ4n) is 15.3. The number of hydrogen-bond acceptors (Lipinski definition) is 7. The van der Waals surface area contributed by atoms with Gasteiger partial charge in [-0.25, -0.2) is 0 Å². The number of furan rings is 1. The van der Waals surface area contributed by atoms with Gasteiger partial charge in [-0.05, 0) is 196 Å². The van der Waals surface area contributed by atoms with E-state index in [0.29, 0.717) is 0 Å². The molecule has 107 heavy (non-hydrogen) atoms. The van der Waals surface area contributed by atoms with Crippen LogP contribution in [0.5, 0.6) is 0 Å². The van der Waals surface area contributed by atoms with Gasteiger partial charge in [-0.15, -0.1) is 22.7 Å². The molecule has 7 heteroatoms. The van der Waals surface area contributed by atoms with Crippen molar-refractivity contribution in [2.45, 2.75) is 0 Å². The Morgan fingerprint density at radius 3 is 1.07 bits per heavy atom. The zero-order valence-electron chi connectivity index (χ0n) is 58.3. The molecule has 0 spiro atoms. The lowest BCUT2D eigenvalue weighted by Gasteiger charge is -2.27. The topological polar surface area (TPSA) is 26.1 Å². The highest BCUT2D eigenvalue weighted by Crippen LogP contribution is 2.49. The standard InChI is InChI=1S/C52H36N2S.C48H32N2OS/c1-4-16-41(17-5-1)53(42-18-6-2-7-19-42)44-31-26-37(27-32-44)40-30-35-48-51(36-40)55-50-25-13-23-47(52(48)50)39-28-33-45(34-29-39)54(43-20-8-3-9-21-43)49-24-12-15-38-14-10-11-22-46(38)49;1-4-14-34(15-5-1)49(35-16-6-2-7-17-35)38-30-31-42-46(32-38)52-45-25-13-21-39(47(42)45)33-26-28-37(29-27-33)50(36-18-8-3-9-19-36)43-23-12-22-41-40-20-10-11-24-44(40)51-48(41)43/h1-36H;1-32H. The minimum Gasteiger partial charge on any atom is -0.454 e. The second-order valence-corrected chi connectivity index (χ2v) is 28.9. The Kier molecular flexibility index (Phi) is 17.0. The lowest BCUT2D eigenvalue weighted by Crippen LogP contribution is -2.10. The number of anilines is 12. The van der Waals surface area contributed by atoms with Gasteiger partial charge in [0.15, 0.2) is 5.58 Å². The molecule has 3 heterocycles. The Balaban J connectivity index is 0.000000146. The fourth-order valence-corrected chi connectivity index (χ4v) is 17.7. The van der Waals surface area contributed by atoms with E-state index in [2.05, 4.69) is 420 Å². The molecule has 20 aromatic rings. The highest BCUT2D eigenvalue weighted by molar-refractivity contribution is 7.26. The predicted octanol–water partition coefficient (Wildman–Crippen LogP) is 30.0. The Bertz CT molecular complexity index is 6460. The van der Waals surface area contributed by atoms with E-state index < -0.39 is 0 Å². The van der Waals surface area contributed by atoms with E-state index in [4.69, 9.17) is 4.42 Å². The van der Waals surface area contributed by atoms with E-state index in [1.165, 1.54) is 84.5 Å². The molecule has 0 N–H and O–H groups in total. The second-order valence-electron chi connectivity index (χ2n) is 26.7. The normalized spacial score (nSPS) is 11.4. The van der Waals surface area contributed by atoms with E-state index >= 15 is 0 Å². The Hall–Kier alpha value is -13.6. The molecule has 506 valence electrons. The van der Waals surface area contributed by atoms with E-state index in [1.54, 1.807) is 0 Å². The van der Waals surface area contributed by atoms with Crippen LogP contribution in [0.2, 0.25) is 0 Å². The van der Waals surface area contributed by atoms with Gasteiger partial charge in [0.05, 0.1) is 11.4 Å². The Labute approximate surface area is 629 Å². The molecule has 17 aromatic carbocycles. The number of thiophene rings is 2. The zero-order valence-corrected chi connectivity index (χ0v) is 59.9. The van der Waals surface area contributed by atoms with Crippen LogP contribution in [0.1, 0.15) is 0 Å². The SMILES string of the molecule is c1ccc(N(c2ccccc2)c2ccc(-c3ccc4c(c3)sc3cccc(-c5ccc(N(c6ccccc6)c6cccc7ccccc67)cc5)c34)cc2)cc1.c1ccc(N(c2ccccc2)c2ccc3c(c2)sc2cccc(-c4ccc(N(c5ccccc5)c5cccc6c5oc5ccccc56)cc4)c23)cc1. The molecular weight excluding hydrogens is 1340 g/mol. The van der Waals surface area contributed by atoms with E-state index in [9.17, 15) is 0 Å². The van der Waals surface area contributed by atoms with Crippen molar-refractivity contribution >= 4 is 164 Å². The zero-order chi connectivity index (χ0) is 71.0. The third-order valence-electron chi connectivity index (χ3n) is 20.3. The van der Waals surface area contributed by atoms with Crippen molar-refractivity contribution in [1.82, 2.24) is 0 Å². The van der Waals surface area contributed by atoms with Crippen molar-refractivity contribution in [2.24, 2.45) is 0 Å². The van der Waals surface area contributed by atoms with Gasteiger partial charge in [-0.1, -0.05) is 255 Å². The molecule has 0 amide bonds. The summed E-state index contributed by atoms with van der Waals surface area (Å²) >= 11 is 3.72. The third-order valence-corrected chi connectivity index (χ3v) is 22.5. The summed E-state index contributed by atoms with van der Waals surface area (Å²) in [5, 5.41) is 9.86. The summed E-state index contributed by atoms with van der Waals surface area (Å²) in [4.78, 5) is 9.28. The summed E-state index contributed by atoms with van der Waals surface area (Å²) in [7, 11) is 0. The van der Waals surface area contributed by atoms with Crippen LogP contribution >= 0.6 is 22.7 Å². The van der Waals surface area contributed by atoms with Crippen molar-refractivity contribution in [3.63, 3.8) is 0 Å². The van der Waals surface area contributed by atoms with Crippen molar-refractivity contribution in [1.29, 1.82) is 0 Å². The summed E-state index contributed by atoms with van der Waals surface area (Å²) in [5.41, 5.74) is 22.5. The largest absolute Gasteiger partial charge is 0.454 e. The molecule has 0 atom stereocenters. The van der Waals surface area contributed by atoms with E-state index in [0.717, 1.165) is 90.2 Å². The molecular formula is C100H68N4OS2. The molecule has 0 saturated heterocycles. The van der Waals surface area contributed by atoms with Crippen LogP contribution in [0.15, 0.2) is 417 Å². The minimum absolute atomic E-state index is 0.878. The molecule has 3 aromatic heterocycles. The molecule has 0 radical (unpaired) electrons. The van der Waals surface area contributed by atoms with Crippen LogP contribution in [-0.4, -0.2) is 0 Å². The summed E-state index contributed by atoms with van der Waals surface area (Å²) in [6, 6.07) is 148. The summed E-state index contributed by atoms with van der Waals surface area (Å²) < 4.78 is 11.6. The fraction of sp³-hybridized carbons (Fsp3) is 0. The number of benzene rings is 17. The van der Waals surface area contributed by atoms with Gasteiger partial charge in [0.2, 0.25) is 0 Å². The molecule has 0 bridgehead atoms. The molecule has 0 aliphatic heterocycles. The van der Waals surface area contributed by atoms with Gasteiger partial charge in [-0.3, -0.25) is 0 Å². The first-order valence-electron chi connectivity index (χ1n) is 36.2. The van der Waals surface area contributed by atoms with Crippen LogP contribution in [-0.2, 0) is 0 Å². The summed E-state index contributed by atoms with van der Waals surface area (Å²) in [6.45, 7) is 0. The van der Waals surface area contributed by atoms with Crippen LogP contribution in [0, 0.1) is 0 Å². The molecule has 0 saturated carbocycles. The smallest absolute Gasteiger partial charge is 0.159 e. The maximum Gasteiger partial charge on any atom is 0.159 e. The van der Waals surface area contributed by atoms with Crippen molar-refractivity contribution in [2.75, 3.05) is 19.6 Å². The predicted molar refractivity (Wildman–Crippen MR) is 458 cm³/mol. The highest BCUT2D eigenvalue weighted by atomic mass is 32.1. The number of rotatable bonds is 15. The second kappa shape index (κ2) is 28.2. The Morgan fingerprint density at radius 2 is 0.542 bits per heavy atom. The molecule has 0 aliphatic rings.